The molecule has 0 N–H and O–H groups in total. The quantitative estimate of drug-likeness (QED) is 0.564. The van der Waals surface area contributed by atoms with Gasteiger partial charge in [0.1, 0.15) is 0 Å². The van der Waals surface area contributed by atoms with E-state index in [0.717, 1.165) is 5.56 Å². The van der Waals surface area contributed by atoms with Crippen molar-refractivity contribution in [2.45, 2.75) is 6.42 Å². The van der Waals surface area contributed by atoms with Crippen LogP contribution in [0.2, 0.25) is 0 Å². The molecule has 0 atom stereocenters. The molecule has 1 rings (SSSR count). The maximum atomic E-state index is 11.5. The van der Waals surface area contributed by atoms with Gasteiger partial charge in [-0.05, 0) is 11.6 Å². The molecule has 0 aliphatic carbocycles. The fourth-order valence-corrected chi connectivity index (χ4v) is 1.33. The average Bonchev–Trinajstić information content (AvgIpc) is 2.34. The average molecular weight is 220 g/mol. The van der Waals surface area contributed by atoms with Crippen LogP contribution in [-0.4, -0.2) is 26.8 Å². The first-order valence-corrected chi connectivity index (χ1v) is 5.11. The van der Waals surface area contributed by atoms with Crippen LogP contribution in [0, 0.1) is 0 Å². The van der Waals surface area contributed by atoms with Crippen LogP contribution in [0.3, 0.4) is 0 Å². The Bertz CT molecular complexity index is 355. The number of benzene rings is 1. The predicted octanol–water partition coefficient (Wildman–Crippen LogP) is 2.28. The minimum absolute atomic E-state index is 0.305. The summed E-state index contributed by atoms with van der Waals surface area (Å²) in [7, 11) is 2.99. The number of esters is 1. The summed E-state index contributed by atoms with van der Waals surface area (Å²) in [6.45, 7) is 0.508. The van der Waals surface area contributed by atoms with Gasteiger partial charge >= 0.3 is 5.97 Å². The van der Waals surface area contributed by atoms with Crippen LogP contribution in [-0.2, 0) is 14.3 Å². The fourth-order valence-electron chi connectivity index (χ4n) is 1.33. The molecule has 0 saturated carbocycles. The van der Waals surface area contributed by atoms with Crippen molar-refractivity contribution < 1.29 is 14.3 Å². The zero-order valence-corrected chi connectivity index (χ0v) is 9.60. The highest BCUT2D eigenvalue weighted by atomic mass is 16.5. The lowest BCUT2D eigenvalue weighted by Crippen LogP contribution is -2.07. The second kappa shape index (κ2) is 6.80. The molecule has 0 aliphatic heterocycles. The Morgan fingerprint density at radius 1 is 1.25 bits per heavy atom. The Hall–Kier alpha value is -1.61. The monoisotopic (exact) mass is 220 g/mol. The van der Waals surface area contributed by atoms with Gasteiger partial charge < -0.3 is 9.47 Å². The standard InChI is InChI=1S/C13H16O3/c1-15-9-8-12(13(14)16-2)10-11-6-4-3-5-7-11/h3-7,10H,8-9H2,1-2H3/b12-10-. The van der Waals surface area contributed by atoms with E-state index in [2.05, 4.69) is 0 Å². The van der Waals surface area contributed by atoms with Crippen molar-refractivity contribution in [2.24, 2.45) is 0 Å². The molecule has 0 aromatic heterocycles. The molecule has 3 nitrogen and oxygen atoms in total. The Kier molecular flexibility index (Phi) is 5.29. The van der Waals surface area contributed by atoms with Crippen LogP contribution in [0.5, 0.6) is 0 Å². The van der Waals surface area contributed by atoms with Gasteiger partial charge in [-0.25, -0.2) is 4.79 Å². The summed E-state index contributed by atoms with van der Waals surface area (Å²) >= 11 is 0. The highest BCUT2D eigenvalue weighted by Gasteiger charge is 2.08. The molecule has 0 spiro atoms. The third kappa shape index (κ3) is 3.87. The lowest BCUT2D eigenvalue weighted by Gasteiger charge is -2.04. The number of carbonyl (C=O) groups excluding carboxylic acids is 1. The van der Waals surface area contributed by atoms with Crippen molar-refractivity contribution in [1.82, 2.24) is 0 Å². The Labute approximate surface area is 95.7 Å². The van der Waals surface area contributed by atoms with Crippen molar-refractivity contribution in [3.05, 3.63) is 41.5 Å². The normalized spacial score (nSPS) is 11.2. The summed E-state index contributed by atoms with van der Waals surface area (Å²) in [5.74, 6) is -0.305. The van der Waals surface area contributed by atoms with Gasteiger partial charge in [0.05, 0.1) is 13.7 Å². The first kappa shape index (κ1) is 12.5. The van der Waals surface area contributed by atoms with Gasteiger partial charge in [0.25, 0.3) is 0 Å². The van der Waals surface area contributed by atoms with E-state index in [4.69, 9.17) is 9.47 Å². The number of rotatable bonds is 5. The first-order valence-electron chi connectivity index (χ1n) is 5.11. The second-order valence-electron chi connectivity index (χ2n) is 3.31. The Morgan fingerprint density at radius 3 is 2.50 bits per heavy atom. The smallest absolute Gasteiger partial charge is 0.333 e. The van der Waals surface area contributed by atoms with Gasteiger partial charge in [-0.1, -0.05) is 30.3 Å². The van der Waals surface area contributed by atoms with Crippen LogP contribution >= 0.6 is 0 Å². The predicted molar refractivity (Wildman–Crippen MR) is 62.9 cm³/mol. The van der Waals surface area contributed by atoms with Gasteiger partial charge in [-0.2, -0.15) is 0 Å². The summed E-state index contributed by atoms with van der Waals surface area (Å²) in [5.41, 5.74) is 1.61. The van der Waals surface area contributed by atoms with Crippen LogP contribution in [0.25, 0.3) is 6.08 Å². The van der Waals surface area contributed by atoms with Crippen molar-refractivity contribution >= 4 is 12.0 Å². The van der Waals surface area contributed by atoms with Gasteiger partial charge in [0, 0.05) is 19.1 Å². The second-order valence-corrected chi connectivity index (χ2v) is 3.31. The topological polar surface area (TPSA) is 35.5 Å². The molecule has 1 aromatic carbocycles. The summed E-state index contributed by atoms with van der Waals surface area (Å²) in [4.78, 5) is 11.5. The van der Waals surface area contributed by atoms with Gasteiger partial charge in [-0.3, -0.25) is 0 Å². The molecular weight excluding hydrogens is 204 g/mol. The molecule has 1 aromatic rings. The SMILES string of the molecule is COCC/C(=C/c1ccccc1)C(=O)OC. The van der Waals surface area contributed by atoms with E-state index in [-0.39, 0.29) is 5.97 Å². The zero-order chi connectivity index (χ0) is 11.8. The molecular formula is C13H16O3. The van der Waals surface area contributed by atoms with E-state index in [1.165, 1.54) is 7.11 Å². The largest absolute Gasteiger partial charge is 0.466 e. The van der Waals surface area contributed by atoms with Crippen LogP contribution < -0.4 is 0 Å². The molecule has 16 heavy (non-hydrogen) atoms. The highest BCUT2D eigenvalue weighted by Crippen LogP contribution is 2.11. The lowest BCUT2D eigenvalue weighted by atomic mass is 10.1. The summed E-state index contributed by atoms with van der Waals surface area (Å²) < 4.78 is 9.67. The molecule has 86 valence electrons. The number of hydrogen-bond acceptors (Lipinski definition) is 3. The van der Waals surface area contributed by atoms with E-state index >= 15 is 0 Å². The maximum Gasteiger partial charge on any atom is 0.333 e. The summed E-state index contributed by atoms with van der Waals surface area (Å²) in [6, 6.07) is 9.67. The number of carbonyl (C=O) groups is 1. The van der Waals surface area contributed by atoms with Crippen LogP contribution in [0.4, 0.5) is 0 Å². The van der Waals surface area contributed by atoms with Crippen LogP contribution in [0.15, 0.2) is 35.9 Å². The van der Waals surface area contributed by atoms with Crippen molar-refractivity contribution in [3.63, 3.8) is 0 Å². The zero-order valence-electron chi connectivity index (χ0n) is 9.60. The van der Waals surface area contributed by atoms with Gasteiger partial charge in [-0.15, -0.1) is 0 Å². The molecule has 0 amide bonds. The summed E-state index contributed by atoms with van der Waals surface area (Å²) in [6.07, 6.45) is 2.38. The molecule has 3 heteroatoms. The molecule has 0 saturated heterocycles. The number of hydrogen-bond donors (Lipinski definition) is 0. The Balaban J connectivity index is 2.83. The number of methoxy groups -OCH3 is 2. The van der Waals surface area contributed by atoms with E-state index in [0.29, 0.717) is 18.6 Å². The molecule has 0 fully saturated rings. The van der Waals surface area contributed by atoms with Crippen molar-refractivity contribution in [3.8, 4) is 0 Å². The lowest BCUT2D eigenvalue weighted by molar-refractivity contribution is -0.136. The van der Waals surface area contributed by atoms with Gasteiger partial charge in [0.15, 0.2) is 0 Å². The molecule has 0 heterocycles. The molecule has 0 radical (unpaired) electrons. The maximum absolute atomic E-state index is 11.5. The third-order valence-corrected chi connectivity index (χ3v) is 2.16. The van der Waals surface area contributed by atoms with Crippen LogP contribution in [0.1, 0.15) is 12.0 Å². The first-order chi connectivity index (χ1) is 7.77. The van der Waals surface area contributed by atoms with E-state index < -0.39 is 0 Å². The van der Waals surface area contributed by atoms with E-state index in [1.54, 1.807) is 7.11 Å². The highest BCUT2D eigenvalue weighted by molar-refractivity contribution is 5.93. The van der Waals surface area contributed by atoms with E-state index in [1.807, 2.05) is 36.4 Å². The number of ether oxygens (including phenoxy) is 2. The van der Waals surface area contributed by atoms with Crippen molar-refractivity contribution in [2.75, 3.05) is 20.8 Å². The van der Waals surface area contributed by atoms with Crippen molar-refractivity contribution in [1.29, 1.82) is 0 Å². The minimum atomic E-state index is -0.305. The third-order valence-electron chi connectivity index (χ3n) is 2.16. The van der Waals surface area contributed by atoms with E-state index in [9.17, 15) is 4.79 Å². The molecule has 0 bridgehead atoms. The molecule has 0 aliphatic rings. The Morgan fingerprint density at radius 2 is 1.94 bits per heavy atom. The fraction of sp³-hybridized carbons (Fsp3) is 0.308. The minimum Gasteiger partial charge on any atom is -0.466 e. The van der Waals surface area contributed by atoms with Gasteiger partial charge in [0.2, 0.25) is 0 Å². The molecule has 0 unspecified atom stereocenters. The summed E-state index contributed by atoms with van der Waals surface area (Å²) in [5, 5.41) is 0.